The Morgan fingerprint density at radius 3 is 2.50 bits per heavy atom. The van der Waals surface area contributed by atoms with E-state index in [4.69, 9.17) is 0 Å². The molecule has 1 aliphatic heterocycles. The number of amides is 1. The van der Waals surface area contributed by atoms with Gasteiger partial charge in [-0.25, -0.2) is 4.68 Å². The molecule has 10 nitrogen and oxygen atoms in total. The lowest BCUT2D eigenvalue weighted by molar-refractivity contribution is -0.384. The van der Waals surface area contributed by atoms with Gasteiger partial charge in [-0.05, 0) is 19.1 Å². The van der Waals surface area contributed by atoms with Crippen LogP contribution in [0.2, 0.25) is 0 Å². The molecular formula is C20H26N6O4. The van der Waals surface area contributed by atoms with Gasteiger partial charge in [0.25, 0.3) is 11.2 Å². The summed E-state index contributed by atoms with van der Waals surface area (Å²) in [6, 6.07) is 5.78. The molecule has 0 spiro atoms. The third-order valence-electron chi connectivity index (χ3n) is 5.23. The molecule has 1 amide bonds. The highest BCUT2D eigenvalue weighted by molar-refractivity contribution is 5.80. The normalized spacial score (nSPS) is 15.1. The second-order valence-electron chi connectivity index (χ2n) is 7.18. The van der Waals surface area contributed by atoms with Gasteiger partial charge in [0.05, 0.1) is 22.7 Å². The summed E-state index contributed by atoms with van der Waals surface area (Å²) < 4.78 is 1.35. The van der Waals surface area contributed by atoms with E-state index >= 15 is 0 Å². The minimum Gasteiger partial charge on any atom is -0.340 e. The number of hydrogen-bond donors (Lipinski definition) is 1. The van der Waals surface area contributed by atoms with Crippen LogP contribution in [0.5, 0.6) is 0 Å². The molecule has 1 fully saturated rings. The molecule has 0 unspecified atom stereocenters. The third kappa shape index (κ3) is 4.82. The van der Waals surface area contributed by atoms with E-state index in [0.717, 1.165) is 32.7 Å². The van der Waals surface area contributed by atoms with Crippen molar-refractivity contribution in [3.8, 4) is 5.69 Å². The van der Waals surface area contributed by atoms with E-state index in [9.17, 15) is 19.7 Å². The van der Waals surface area contributed by atoms with Crippen LogP contribution in [0.15, 0.2) is 34.1 Å². The molecule has 0 aliphatic carbocycles. The standard InChI is InChI=1S/C20H26N6O4/c1-3-19(27)24-12-10-23(11-13-24)9-8-21-14-18-15(2)22-25(20(18)28)16-4-6-17(7-5-16)26(29)30/h4-7,14,22H,3,8-13H2,1-2H3. The van der Waals surface area contributed by atoms with E-state index in [2.05, 4.69) is 15.0 Å². The minimum atomic E-state index is -0.480. The fourth-order valence-corrected chi connectivity index (χ4v) is 3.42. The van der Waals surface area contributed by atoms with Crippen molar-refractivity contribution in [2.75, 3.05) is 39.3 Å². The smallest absolute Gasteiger partial charge is 0.280 e. The number of aryl methyl sites for hydroxylation is 1. The van der Waals surface area contributed by atoms with Gasteiger partial charge in [-0.2, -0.15) is 0 Å². The quantitative estimate of drug-likeness (QED) is 0.417. The maximum absolute atomic E-state index is 12.7. The molecule has 3 rings (SSSR count). The number of aromatic amines is 1. The Bertz CT molecular complexity index is 984. The van der Waals surface area contributed by atoms with E-state index < -0.39 is 4.92 Å². The highest BCUT2D eigenvalue weighted by atomic mass is 16.6. The van der Waals surface area contributed by atoms with Crippen LogP contribution in [0.25, 0.3) is 5.69 Å². The number of nitro groups is 1. The number of H-pyrrole nitrogens is 1. The Morgan fingerprint density at radius 2 is 1.90 bits per heavy atom. The highest BCUT2D eigenvalue weighted by Gasteiger charge is 2.19. The highest BCUT2D eigenvalue weighted by Crippen LogP contribution is 2.14. The molecule has 0 bridgehead atoms. The first-order valence-corrected chi connectivity index (χ1v) is 9.97. The van der Waals surface area contributed by atoms with Gasteiger partial charge in [0.2, 0.25) is 5.91 Å². The number of rotatable bonds is 7. The third-order valence-corrected chi connectivity index (χ3v) is 5.23. The van der Waals surface area contributed by atoms with Gasteiger partial charge in [-0.3, -0.25) is 34.7 Å². The molecule has 10 heteroatoms. The van der Waals surface area contributed by atoms with Gasteiger partial charge >= 0.3 is 0 Å². The van der Waals surface area contributed by atoms with Crippen molar-refractivity contribution < 1.29 is 9.72 Å². The van der Waals surface area contributed by atoms with Crippen LogP contribution in [0, 0.1) is 17.0 Å². The first kappa shape index (κ1) is 21.4. The molecule has 2 aromatic rings. The summed E-state index contributed by atoms with van der Waals surface area (Å²) in [5, 5.41) is 13.8. The van der Waals surface area contributed by atoms with Gasteiger partial charge in [0, 0.05) is 63.2 Å². The molecule has 1 N–H and O–H groups in total. The molecule has 0 saturated carbocycles. The number of carbonyl (C=O) groups is 1. The molecule has 0 atom stereocenters. The Balaban J connectivity index is 1.58. The Kier molecular flexibility index (Phi) is 6.78. The number of aromatic nitrogens is 2. The van der Waals surface area contributed by atoms with Crippen LogP contribution in [0.4, 0.5) is 5.69 Å². The number of hydrogen-bond acceptors (Lipinski definition) is 6. The summed E-state index contributed by atoms with van der Waals surface area (Å²) in [4.78, 5) is 43.3. The van der Waals surface area contributed by atoms with Crippen molar-refractivity contribution in [2.45, 2.75) is 20.3 Å². The number of non-ortho nitro benzene ring substituents is 1. The fraction of sp³-hybridized carbons (Fsp3) is 0.450. The summed E-state index contributed by atoms with van der Waals surface area (Å²) in [5.74, 6) is 0.194. The monoisotopic (exact) mass is 414 g/mol. The lowest BCUT2D eigenvalue weighted by Gasteiger charge is -2.34. The predicted octanol–water partition coefficient (Wildman–Crippen LogP) is 1.36. The van der Waals surface area contributed by atoms with Crippen LogP contribution in [-0.2, 0) is 4.79 Å². The molecule has 2 heterocycles. The van der Waals surface area contributed by atoms with Crippen LogP contribution < -0.4 is 5.56 Å². The first-order valence-electron chi connectivity index (χ1n) is 9.97. The zero-order valence-corrected chi connectivity index (χ0v) is 17.2. The van der Waals surface area contributed by atoms with Crippen molar-refractivity contribution in [3.63, 3.8) is 0 Å². The van der Waals surface area contributed by atoms with Crippen molar-refractivity contribution in [3.05, 3.63) is 56.0 Å². The molecule has 0 radical (unpaired) electrons. The lowest BCUT2D eigenvalue weighted by Crippen LogP contribution is -2.49. The average Bonchev–Trinajstić information content (AvgIpc) is 3.04. The number of nitrogens with zero attached hydrogens (tertiary/aromatic N) is 5. The van der Waals surface area contributed by atoms with Crippen molar-refractivity contribution in [2.24, 2.45) is 4.99 Å². The summed E-state index contributed by atoms with van der Waals surface area (Å²) in [5.41, 5.74) is 1.38. The van der Waals surface area contributed by atoms with Crippen molar-refractivity contribution >= 4 is 17.8 Å². The Morgan fingerprint density at radius 1 is 1.23 bits per heavy atom. The number of carbonyl (C=O) groups excluding carboxylic acids is 1. The van der Waals surface area contributed by atoms with Crippen molar-refractivity contribution in [1.82, 2.24) is 19.6 Å². The van der Waals surface area contributed by atoms with Gasteiger partial charge in [0.1, 0.15) is 0 Å². The largest absolute Gasteiger partial charge is 0.340 e. The lowest BCUT2D eigenvalue weighted by atomic mass is 10.2. The average molecular weight is 414 g/mol. The predicted molar refractivity (Wildman–Crippen MR) is 114 cm³/mol. The van der Waals surface area contributed by atoms with E-state index in [1.807, 2.05) is 11.8 Å². The molecule has 1 saturated heterocycles. The van der Waals surface area contributed by atoms with Gasteiger partial charge in [0.15, 0.2) is 0 Å². The van der Waals surface area contributed by atoms with E-state index in [0.29, 0.717) is 29.9 Å². The second kappa shape index (κ2) is 9.49. The Hall–Kier alpha value is -3.27. The summed E-state index contributed by atoms with van der Waals surface area (Å²) >= 11 is 0. The number of nitro benzene ring substituents is 1. The molecule has 1 aliphatic rings. The summed E-state index contributed by atoms with van der Waals surface area (Å²) in [7, 11) is 0. The maximum Gasteiger partial charge on any atom is 0.280 e. The zero-order chi connectivity index (χ0) is 21.7. The van der Waals surface area contributed by atoms with Gasteiger partial charge < -0.3 is 4.90 Å². The van der Waals surface area contributed by atoms with Crippen molar-refractivity contribution in [1.29, 1.82) is 0 Å². The number of piperazine rings is 1. The van der Waals surface area contributed by atoms with E-state index in [1.54, 1.807) is 13.1 Å². The minimum absolute atomic E-state index is 0.0308. The van der Waals surface area contributed by atoms with E-state index in [-0.39, 0.29) is 17.2 Å². The van der Waals surface area contributed by atoms with Gasteiger partial charge in [-0.15, -0.1) is 0 Å². The number of aliphatic imine (C=N–C) groups is 1. The molecule has 1 aromatic heterocycles. The van der Waals surface area contributed by atoms with Crippen LogP contribution in [0.1, 0.15) is 24.6 Å². The zero-order valence-electron chi connectivity index (χ0n) is 17.2. The van der Waals surface area contributed by atoms with Crippen LogP contribution in [-0.4, -0.2) is 75.9 Å². The van der Waals surface area contributed by atoms with Crippen LogP contribution >= 0.6 is 0 Å². The maximum atomic E-state index is 12.7. The van der Waals surface area contributed by atoms with E-state index in [1.165, 1.54) is 28.9 Å². The van der Waals surface area contributed by atoms with Gasteiger partial charge in [-0.1, -0.05) is 6.92 Å². The topological polar surface area (TPSA) is 117 Å². The summed E-state index contributed by atoms with van der Waals surface area (Å²) in [6.07, 6.45) is 2.12. The summed E-state index contributed by atoms with van der Waals surface area (Å²) in [6.45, 7) is 8.14. The first-order chi connectivity index (χ1) is 14.4. The van der Waals surface area contributed by atoms with Crippen LogP contribution in [0.3, 0.4) is 0 Å². The molecular weight excluding hydrogens is 388 g/mol. The Labute approximate surface area is 173 Å². The second-order valence-corrected chi connectivity index (χ2v) is 7.18. The molecule has 30 heavy (non-hydrogen) atoms. The molecule has 160 valence electrons. The fourth-order valence-electron chi connectivity index (χ4n) is 3.42. The number of nitrogens with one attached hydrogen (secondary N) is 1. The number of benzene rings is 1. The SMILES string of the molecule is CCC(=O)N1CCN(CCN=Cc2c(C)[nH]n(-c3ccc([N+](=O)[O-])cc3)c2=O)CC1. The molecule has 1 aromatic carbocycles.